The lowest BCUT2D eigenvalue weighted by Gasteiger charge is -2.30. The molecule has 8 heteroatoms. The van der Waals surface area contributed by atoms with Crippen LogP contribution in [0.25, 0.3) is 10.2 Å². The molecule has 0 unspecified atom stereocenters. The van der Waals surface area contributed by atoms with E-state index in [1.54, 1.807) is 23.3 Å². The summed E-state index contributed by atoms with van der Waals surface area (Å²) in [5.74, 6) is 0.0900. The third-order valence-corrected chi connectivity index (χ3v) is 8.06. The average molecular weight is 447 g/mol. The second-order valence-electron chi connectivity index (χ2n) is 9.16. The van der Waals surface area contributed by atoms with E-state index in [9.17, 15) is 9.59 Å². The van der Waals surface area contributed by atoms with Crippen molar-refractivity contribution in [1.82, 2.24) is 20.0 Å². The number of likely N-dealkylation sites (N-methyl/N-ethyl adjacent to an activating group) is 1. The molecule has 2 aromatic rings. The number of hydrogen-bond donors (Lipinski definition) is 2. The zero-order valence-corrected chi connectivity index (χ0v) is 19.4. The van der Waals surface area contributed by atoms with Gasteiger partial charge in [-0.05, 0) is 51.5 Å². The fraction of sp³-hybridized carbons (Fsp3) is 0.696. The van der Waals surface area contributed by atoms with Gasteiger partial charge in [0.1, 0.15) is 4.83 Å². The molecule has 31 heavy (non-hydrogen) atoms. The van der Waals surface area contributed by atoms with Crippen molar-refractivity contribution in [3.05, 3.63) is 16.6 Å². The maximum Gasteiger partial charge on any atom is 0.261 e. The number of nitrogens with one attached hydrogen (secondary N) is 1. The predicted molar refractivity (Wildman–Crippen MR) is 122 cm³/mol. The topological polar surface area (TPSA) is 87.5 Å². The molecule has 0 radical (unpaired) electrons. The number of carbonyl (C=O) groups is 2. The number of carbonyl (C=O) groups excluding carboxylic acids is 2. The summed E-state index contributed by atoms with van der Waals surface area (Å²) < 4.78 is 2.17. The van der Waals surface area contributed by atoms with Gasteiger partial charge in [-0.2, -0.15) is 5.10 Å². The third-order valence-electron chi connectivity index (χ3n) is 6.94. The van der Waals surface area contributed by atoms with Gasteiger partial charge in [0.2, 0.25) is 5.91 Å². The fourth-order valence-electron chi connectivity index (χ4n) is 5.07. The molecule has 2 N–H and O–H groups in total. The number of aliphatic hydroxyl groups excluding tert-OH is 1. The standard InChI is InChI=1S/C23H34N4O3S/c1-15-19-14-20(31-23(19)27(25-15)18-6-4-3-5-7-18)21(29)24-17-10-8-16(9-11-17)22(30)26(2)12-13-28/h14,16-18,28H,3-13H2,1-2H3,(H,24,29)/t16-,17-. The number of thiophene rings is 1. The fourth-order valence-corrected chi connectivity index (χ4v) is 6.21. The van der Waals surface area contributed by atoms with Crippen LogP contribution in [0.1, 0.15) is 79.2 Å². The van der Waals surface area contributed by atoms with Gasteiger partial charge in [0.15, 0.2) is 0 Å². The molecule has 170 valence electrons. The molecule has 2 aliphatic carbocycles. The summed E-state index contributed by atoms with van der Waals surface area (Å²) >= 11 is 1.55. The van der Waals surface area contributed by atoms with Crippen LogP contribution in [0.4, 0.5) is 0 Å². The molecule has 7 nitrogen and oxygen atoms in total. The number of rotatable bonds is 6. The van der Waals surface area contributed by atoms with Crippen molar-refractivity contribution in [2.75, 3.05) is 20.2 Å². The van der Waals surface area contributed by atoms with Crippen LogP contribution in [-0.2, 0) is 4.79 Å². The molecular formula is C23H34N4O3S. The smallest absolute Gasteiger partial charge is 0.261 e. The molecule has 0 bridgehead atoms. The predicted octanol–water partition coefficient (Wildman–Crippen LogP) is 3.65. The summed E-state index contributed by atoms with van der Waals surface area (Å²) in [4.78, 5) is 28.9. The highest BCUT2D eigenvalue weighted by atomic mass is 32.1. The Bertz CT molecular complexity index is 923. The first-order valence-electron chi connectivity index (χ1n) is 11.6. The number of fused-ring (bicyclic) bond motifs is 1. The van der Waals surface area contributed by atoms with Crippen molar-refractivity contribution in [1.29, 1.82) is 0 Å². The van der Waals surface area contributed by atoms with Gasteiger partial charge >= 0.3 is 0 Å². The van der Waals surface area contributed by atoms with Crippen LogP contribution in [-0.4, -0.2) is 57.8 Å². The van der Waals surface area contributed by atoms with Crippen LogP contribution in [0, 0.1) is 12.8 Å². The maximum absolute atomic E-state index is 13.0. The van der Waals surface area contributed by atoms with Crippen LogP contribution < -0.4 is 5.32 Å². The second kappa shape index (κ2) is 9.69. The van der Waals surface area contributed by atoms with Crippen molar-refractivity contribution < 1.29 is 14.7 Å². The number of nitrogens with zero attached hydrogens (tertiary/aromatic N) is 3. The largest absolute Gasteiger partial charge is 0.395 e. The van der Waals surface area contributed by atoms with E-state index < -0.39 is 0 Å². The van der Waals surface area contributed by atoms with Gasteiger partial charge in [-0.15, -0.1) is 11.3 Å². The lowest BCUT2D eigenvalue weighted by atomic mass is 9.85. The summed E-state index contributed by atoms with van der Waals surface area (Å²) in [5, 5.41) is 18.1. The Morgan fingerprint density at radius 3 is 2.58 bits per heavy atom. The summed E-state index contributed by atoms with van der Waals surface area (Å²) in [5.41, 5.74) is 1.00. The minimum absolute atomic E-state index is 0.00171. The van der Waals surface area contributed by atoms with E-state index in [2.05, 4.69) is 10.00 Å². The second-order valence-corrected chi connectivity index (χ2v) is 10.2. The van der Waals surface area contributed by atoms with Crippen molar-refractivity contribution in [2.45, 2.75) is 76.8 Å². The van der Waals surface area contributed by atoms with E-state index in [1.807, 2.05) is 13.0 Å². The van der Waals surface area contributed by atoms with E-state index in [-0.39, 0.29) is 30.4 Å². The molecule has 2 aliphatic rings. The molecule has 2 aromatic heterocycles. The van der Waals surface area contributed by atoms with Crippen molar-refractivity contribution in [2.24, 2.45) is 5.92 Å². The number of aliphatic hydroxyl groups is 1. The first-order valence-corrected chi connectivity index (χ1v) is 12.4. The van der Waals surface area contributed by atoms with E-state index >= 15 is 0 Å². The molecule has 0 aromatic carbocycles. The van der Waals surface area contributed by atoms with Gasteiger partial charge in [0, 0.05) is 30.9 Å². The Labute approximate surface area is 187 Å². The van der Waals surface area contributed by atoms with Crippen LogP contribution in [0.5, 0.6) is 0 Å². The van der Waals surface area contributed by atoms with E-state index in [1.165, 1.54) is 32.1 Å². The first-order chi connectivity index (χ1) is 15.0. The molecule has 0 spiro atoms. The van der Waals surface area contributed by atoms with Crippen molar-refractivity contribution >= 4 is 33.4 Å². The minimum Gasteiger partial charge on any atom is -0.395 e. The molecule has 0 atom stereocenters. The van der Waals surface area contributed by atoms with Crippen molar-refractivity contribution in [3.8, 4) is 0 Å². The Morgan fingerprint density at radius 1 is 1.19 bits per heavy atom. The highest BCUT2D eigenvalue weighted by Gasteiger charge is 2.29. The quantitative estimate of drug-likeness (QED) is 0.709. The number of hydrogen-bond acceptors (Lipinski definition) is 5. The number of amides is 2. The molecular weight excluding hydrogens is 412 g/mol. The van der Waals surface area contributed by atoms with Gasteiger partial charge in [0.05, 0.1) is 23.2 Å². The van der Waals surface area contributed by atoms with Crippen LogP contribution in [0.15, 0.2) is 6.07 Å². The first kappa shape index (κ1) is 22.3. The molecule has 2 heterocycles. The lowest BCUT2D eigenvalue weighted by molar-refractivity contribution is -0.135. The summed E-state index contributed by atoms with van der Waals surface area (Å²) in [7, 11) is 1.74. The van der Waals surface area contributed by atoms with E-state index in [0.717, 1.165) is 46.5 Å². The minimum atomic E-state index is -0.0131. The van der Waals surface area contributed by atoms with Gasteiger partial charge < -0.3 is 15.3 Å². The van der Waals surface area contributed by atoms with Crippen LogP contribution in [0.2, 0.25) is 0 Å². The summed E-state index contributed by atoms with van der Waals surface area (Å²) in [6.45, 7) is 2.39. The molecule has 2 amide bonds. The zero-order valence-electron chi connectivity index (χ0n) is 18.6. The summed E-state index contributed by atoms with van der Waals surface area (Å²) in [6, 6.07) is 2.56. The Kier molecular flexibility index (Phi) is 6.96. The van der Waals surface area contributed by atoms with Gasteiger partial charge in [-0.3, -0.25) is 14.3 Å². The number of aryl methyl sites for hydroxylation is 1. The molecule has 2 fully saturated rings. The zero-order chi connectivity index (χ0) is 22.0. The van der Waals surface area contributed by atoms with Crippen LogP contribution >= 0.6 is 11.3 Å². The SMILES string of the molecule is Cc1nn(C2CCCCC2)c2sc(C(=O)N[C@H]3CC[C@H](C(=O)N(C)CCO)CC3)cc12. The highest BCUT2D eigenvalue weighted by molar-refractivity contribution is 7.20. The van der Waals surface area contributed by atoms with Gasteiger partial charge in [-0.25, -0.2) is 0 Å². The monoisotopic (exact) mass is 446 g/mol. The third kappa shape index (κ3) is 4.80. The molecule has 0 aliphatic heterocycles. The molecule has 4 rings (SSSR count). The van der Waals surface area contributed by atoms with Gasteiger partial charge in [-0.1, -0.05) is 19.3 Å². The molecule has 2 saturated carbocycles. The van der Waals surface area contributed by atoms with Crippen molar-refractivity contribution in [3.63, 3.8) is 0 Å². The Balaban J connectivity index is 1.38. The van der Waals surface area contributed by atoms with Gasteiger partial charge in [0.25, 0.3) is 5.91 Å². The van der Waals surface area contributed by atoms with E-state index in [0.29, 0.717) is 12.6 Å². The average Bonchev–Trinajstić information content (AvgIpc) is 3.35. The lowest BCUT2D eigenvalue weighted by Crippen LogP contribution is -2.41. The maximum atomic E-state index is 13.0. The number of aromatic nitrogens is 2. The Morgan fingerprint density at radius 2 is 1.90 bits per heavy atom. The van der Waals surface area contributed by atoms with E-state index in [4.69, 9.17) is 10.2 Å². The molecule has 0 saturated heterocycles. The highest BCUT2D eigenvalue weighted by Crippen LogP contribution is 2.35. The normalized spacial score (nSPS) is 22.5. The van der Waals surface area contributed by atoms with Crippen LogP contribution in [0.3, 0.4) is 0 Å². The summed E-state index contributed by atoms with van der Waals surface area (Å²) in [6.07, 6.45) is 9.35. The Hall–Kier alpha value is -1.93.